The van der Waals surface area contributed by atoms with Gasteiger partial charge < -0.3 is 16.4 Å². The van der Waals surface area contributed by atoms with E-state index in [0.29, 0.717) is 11.6 Å². The maximum atomic E-state index is 5.56. The van der Waals surface area contributed by atoms with E-state index in [0.717, 1.165) is 11.3 Å². The molecule has 0 saturated heterocycles. The smallest absolute Gasteiger partial charge is 0.247 e. The molecule has 0 aliphatic carbocycles. The third-order valence-electron chi connectivity index (χ3n) is 2.55. The maximum Gasteiger partial charge on any atom is 0.247 e. The van der Waals surface area contributed by atoms with Gasteiger partial charge in [0.05, 0.1) is 6.21 Å². The van der Waals surface area contributed by atoms with Crippen molar-refractivity contribution in [2.24, 2.45) is 5.10 Å². The molecule has 2 aromatic rings. The summed E-state index contributed by atoms with van der Waals surface area (Å²) < 4.78 is 0. The van der Waals surface area contributed by atoms with Crippen molar-refractivity contribution in [1.29, 1.82) is 0 Å². The predicted molar refractivity (Wildman–Crippen MR) is 82.8 cm³/mol. The lowest BCUT2D eigenvalue weighted by atomic mass is 10.2. The van der Waals surface area contributed by atoms with Crippen molar-refractivity contribution in [3.05, 3.63) is 35.9 Å². The molecule has 104 valence electrons. The van der Waals surface area contributed by atoms with Crippen LogP contribution in [-0.4, -0.2) is 30.3 Å². The molecule has 0 radical (unpaired) electrons. The van der Waals surface area contributed by atoms with Crippen LogP contribution in [0, 0.1) is 0 Å². The number of hydrogen-bond acceptors (Lipinski definition) is 7. The number of aromatic nitrogens is 2. The normalized spacial score (nSPS) is 10.7. The first kappa shape index (κ1) is 13.6. The average molecular weight is 271 g/mol. The van der Waals surface area contributed by atoms with Crippen LogP contribution in [0.1, 0.15) is 5.56 Å². The zero-order chi connectivity index (χ0) is 14.5. The van der Waals surface area contributed by atoms with Gasteiger partial charge in [0.1, 0.15) is 11.6 Å². The molecule has 20 heavy (non-hydrogen) atoms. The largest absolute Gasteiger partial charge is 0.383 e. The van der Waals surface area contributed by atoms with Gasteiger partial charge >= 0.3 is 0 Å². The number of nitrogens with one attached hydrogen (secondary N) is 1. The summed E-state index contributed by atoms with van der Waals surface area (Å²) in [6.45, 7) is 0. The summed E-state index contributed by atoms with van der Waals surface area (Å²) in [4.78, 5) is 9.95. The summed E-state index contributed by atoms with van der Waals surface area (Å²) in [6, 6.07) is 9.44. The molecule has 1 aromatic heterocycles. The van der Waals surface area contributed by atoms with Gasteiger partial charge in [0, 0.05) is 25.8 Å². The second-order valence-corrected chi connectivity index (χ2v) is 4.40. The Morgan fingerprint density at radius 1 is 1.10 bits per heavy atom. The summed E-state index contributed by atoms with van der Waals surface area (Å²) in [6.07, 6.45) is 1.67. The second-order valence-electron chi connectivity index (χ2n) is 4.40. The lowest BCUT2D eigenvalue weighted by Gasteiger charge is -2.11. The van der Waals surface area contributed by atoms with Gasteiger partial charge in [-0.15, -0.1) is 0 Å². The van der Waals surface area contributed by atoms with Gasteiger partial charge in [0.25, 0.3) is 0 Å². The third kappa shape index (κ3) is 3.58. The summed E-state index contributed by atoms with van der Waals surface area (Å²) in [7, 11) is 3.98. The van der Waals surface area contributed by atoms with Crippen molar-refractivity contribution in [2.75, 3.05) is 35.9 Å². The van der Waals surface area contributed by atoms with E-state index in [9.17, 15) is 0 Å². The summed E-state index contributed by atoms with van der Waals surface area (Å²) in [5.74, 6) is 0.861. The Morgan fingerprint density at radius 2 is 1.70 bits per heavy atom. The topological polar surface area (TPSA) is 105 Å². The minimum Gasteiger partial charge on any atom is -0.383 e. The molecule has 7 nitrogen and oxygen atoms in total. The highest BCUT2D eigenvalue weighted by Crippen LogP contribution is 2.11. The van der Waals surface area contributed by atoms with Gasteiger partial charge in [-0.05, 0) is 17.7 Å². The number of rotatable bonds is 4. The maximum absolute atomic E-state index is 5.56. The van der Waals surface area contributed by atoms with Gasteiger partial charge in [0.15, 0.2) is 0 Å². The molecule has 0 amide bonds. The number of nitrogen functional groups attached to an aromatic ring is 2. The Bertz CT molecular complexity index is 584. The highest BCUT2D eigenvalue weighted by atomic mass is 15.4. The van der Waals surface area contributed by atoms with Crippen LogP contribution in [0.5, 0.6) is 0 Å². The van der Waals surface area contributed by atoms with Crippen LogP contribution in [0.25, 0.3) is 0 Å². The quantitative estimate of drug-likeness (QED) is 0.569. The molecule has 1 heterocycles. The molecule has 0 atom stereocenters. The highest BCUT2D eigenvalue weighted by molar-refractivity contribution is 5.80. The highest BCUT2D eigenvalue weighted by Gasteiger charge is 1.98. The third-order valence-corrected chi connectivity index (χ3v) is 2.55. The van der Waals surface area contributed by atoms with E-state index in [1.807, 2.05) is 43.3 Å². The molecule has 0 bridgehead atoms. The number of nitrogens with zero attached hydrogens (tertiary/aromatic N) is 4. The number of hydrogen-bond donors (Lipinski definition) is 3. The van der Waals surface area contributed by atoms with Gasteiger partial charge in [-0.2, -0.15) is 15.1 Å². The molecule has 0 spiro atoms. The molecule has 5 N–H and O–H groups in total. The molecule has 0 saturated carbocycles. The number of nitrogens with two attached hydrogens (primary N) is 2. The Labute approximate surface area is 117 Å². The Morgan fingerprint density at radius 3 is 2.25 bits per heavy atom. The lowest BCUT2D eigenvalue weighted by molar-refractivity contribution is 1.13. The lowest BCUT2D eigenvalue weighted by Crippen LogP contribution is -2.08. The number of hydrazone groups is 1. The number of anilines is 4. The Kier molecular flexibility index (Phi) is 3.99. The van der Waals surface area contributed by atoms with E-state index in [2.05, 4.69) is 20.5 Å². The second kappa shape index (κ2) is 5.87. The SMILES string of the molecule is CN(C)c1ccc(/C=N/Nc2nc(N)cc(N)n2)cc1. The van der Waals surface area contributed by atoms with Crippen LogP contribution in [-0.2, 0) is 0 Å². The van der Waals surface area contributed by atoms with Crippen LogP contribution in [0.3, 0.4) is 0 Å². The van der Waals surface area contributed by atoms with Gasteiger partial charge in [-0.25, -0.2) is 5.43 Å². The molecule has 1 aromatic carbocycles. The zero-order valence-corrected chi connectivity index (χ0v) is 11.4. The molecule has 0 aliphatic rings. The monoisotopic (exact) mass is 271 g/mol. The van der Waals surface area contributed by atoms with E-state index in [1.54, 1.807) is 6.21 Å². The molecule has 2 rings (SSSR count). The molecule has 0 fully saturated rings. The summed E-state index contributed by atoms with van der Waals surface area (Å²) in [5, 5.41) is 4.04. The van der Waals surface area contributed by atoms with Crippen LogP contribution in [0.15, 0.2) is 35.4 Å². The van der Waals surface area contributed by atoms with Crippen molar-refractivity contribution in [1.82, 2.24) is 9.97 Å². The van der Waals surface area contributed by atoms with Crippen molar-refractivity contribution in [3.63, 3.8) is 0 Å². The molecule has 7 heteroatoms. The fourth-order valence-corrected chi connectivity index (χ4v) is 1.56. The first-order chi connectivity index (χ1) is 9.54. The molecule has 0 unspecified atom stereocenters. The van der Waals surface area contributed by atoms with Crippen molar-refractivity contribution >= 4 is 29.5 Å². The number of benzene rings is 1. The van der Waals surface area contributed by atoms with Gasteiger partial charge in [-0.1, -0.05) is 12.1 Å². The van der Waals surface area contributed by atoms with E-state index in [1.165, 1.54) is 6.07 Å². The first-order valence-electron chi connectivity index (χ1n) is 6.01. The predicted octanol–water partition coefficient (Wildman–Crippen LogP) is 1.15. The summed E-state index contributed by atoms with van der Waals surface area (Å²) in [5.41, 5.74) is 15.9. The van der Waals surface area contributed by atoms with E-state index < -0.39 is 0 Å². The average Bonchev–Trinajstić information content (AvgIpc) is 2.38. The first-order valence-corrected chi connectivity index (χ1v) is 6.01. The van der Waals surface area contributed by atoms with Crippen molar-refractivity contribution < 1.29 is 0 Å². The van der Waals surface area contributed by atoms with Crippen LogP contribution < -0.4 is 21.8 Å². The molecular weight excluding hydrogens is 254 g/mol. The summed E-state index contributed by atoms with van der Waals surface area (Å²) >= 11 is 0. The Hall–Kier alpha value is -2.83. The van der Waals surface area contributed by atoms with E-state index >= 15 is 0 Å². The van der Waals surface area contributed by atoms with Crippen LogP contribution in [0.4, 0.5) is 23.3 Å². The van der Waals surface area contributed by atoms with Gasteiger partial charge in [0.2, 0.25) is 5.95 Å². The van der Waals surface area contributed by atoms with Gasteiger partial charge in [-0.3, -0.25) is 0 Å². The molecular formula is C13H17N7. The standard InChI is InChI=1S/C13H17N7/c1-20(2)10-5-3-9(4-6-10)8-16-19-13-17-11(14)7-12(15)18-13/h3-8H,1-2H3,(H5,14,15,17,18,19)/b16-8+. The molecule has 0 aliphatic heterocycles. The van der Waals surface area contributed by atoms with E-state index in [-0.39, 0.29) is 5.95 Å². The fourth-order valence-electron chi connectivity index (χ4n) is 1.56. The van der Waals surface area contributed by atoms with Crippen molar-refractivity contribution in [3.8, 4) is 0 Å². The van der Waals surface area contributed by atoms with Crippen LogP contribution in [0.2, 0.25) is 0 Å². The Balaban J connectivity index is 2.02. The minimum absolute atomic E-state index is 0.267. The van der Waals surface area contributed by atoms with Crippen LogP contribution >= 0.6 is 0 Å². The van der Waals surface area contributed by atoms with E-state index in [4.69, 9.17) is 11.5 Å². The van der Waals surface area contributed by atoms with Crippen molar-refractivity contribution in [2.45, 2.75) is 0 Å². The zero-order valence-electron chi connectivity index (χ0n) is 11.4. The minimum atomic E-state index is 0.267. The fraction of sp³-hybridized carbons (Fsp3) is 0.154.